The molecule has 1 fully saturated rings. The molecule has 0 N–H and O–H groups in total. The van der Waals surface area contributed by atoms with E-state index in [0.717, 1.165) is 25.9 Å². The SMILES string of the molecule is N#Cc1ccc(C(=O)COCC2CCCCO2)cc1. The lowest BCUT2D eigenvalue weighted by atomic mass is 10.1. The number of carbonyl (C=O) groups excluding carboxylic acids is 1. The Bertz CT molecular complexity index is 455. The van der Waals surface area contributed by atoms with Crippen LogP contribution in [0, 0.1) is 11.3 Å². The Hall–Kier alpha value is -1.70. The normalized spacial score (nSPS) is 18.8. The van der Waals surface area contributed by atoms with Crippen LogP contribution in [-0.2, 0) is 9.47 Å². The fourth-order valence-corrected chi connectivity index (χ4v) is 2.04. The molecule has 1 aliphatic rings. The van der Waals surface area contributed by atoms with E-state index in [4.69, 9.17) is 14.7 Å². The first-order valence-electron chi connectivity index (χ1n) is 6.52. The highest BCUT2D eigenvalue weighted by Crippen LogP contribution is 2.13. The molecule has 0 amide bonds. The van der Waals surface area contributed by atoms with Crippen molar-refractivity contribution in [2.45, 2.75) is 25.4 Å². The van der Waals surface area contributed by atoms with Crippen LogP contribution in [-0.4, -0.2) is 31.7 Å². The molecule has 1 aromatic rings. The van der Waals surface area contributed by atoms with E-state index in [1.54, 1.807) is 24.3 Å². The molecule has 1 unspecified atom stereocenters. The van der Waals surface area contributed by atoms with Crippen molar-refractivity contribution in [3.63, 3.8) is 0 Å². The molecule has 0 bridgehead atoms. The zero-order chi connectivity index (χ0) is 13.5. The summed E-state index contributed by atoms with van der Waals surface area (Å²) in [6, 6.07) is 8.60. The van der Waals surface area contributed by atoms with Gasteiger partial charge in [-0.05, 0) is 31.4 Å². The van der Waals surface area contributed by atoms with Gasteiger partial charge in [0.05, 0.1) is 24.3 Å². The molecule has 1 heterocycles. The van der Waals surface area contributed by atoms with Crippen LogP contribution in [0.2, 0.25) is 0 Å². The fourth-order valence-electron chi connectivity index (χ4n) is 2.04. The molecular weight excluding hydrogens is 242 g/mol. The zero-order valence-electron chi connectivity index (χ0n) is 10.8. The lowest BCUT2D eigenvalue weighted by Gasteiger charge is -2.22. The van der Waals surface area contributed by atoms with E-state index in [1.807, 2.05) is 6.07 Å². The van der Waals surface area contributed by atoms with E-state index in [0.29, 0.717) is 17.7 Å². The van der Waals surface area contributed by atoms with E-state index >= 15 is 0 Å². The molecule has 0 saturated carbocycles. The first kappa shape index (κ1) is 13.7. The maximum absolute atomic E-state index is 11.8. The van der Waals surface area contributed by atoms with Crippen molar-refractivity contribution in [1.82, 2.24) is 0 Å². The number of hydrogen-bond donors (Lipinski definition) is 0. The van der Waals surface area contributed by atoms with Crippen molar-refractivity contribution in [3.8, 4) is 6.07 Å². The number of ketones is 1. The van der Waals surface area contributed by atoms with Gasteiger partial charge in [0.25, 0.3) is 0 Å². The summed E-state index contributed by atoms with van der Waals surface area (Å²) in [5.74, 6) is -0.0692. The highest BCUT2D eigenvalue weighted by atomic mass is 16.5. The summed E-state index contributed by atoms with van der Waals surface area (Å²) < 4.78 is 10.9. The molecule has 2 rings (SSSR count). The number of carbonyl (C=O) groups is 1. The Morgan fingerprint density at radius 2 is 2.16 bits per heavy atom. The lowest BCUT2D eigenvalue weighted by molar-refractivity contribution is -0.0370. The predicted molar refractivity (Wildman–Crippen MR) is 69.9 cm³/mol. The largest absolute Gasteiger partial charge is 0.376 e. The molecule has 19 heavy (non-hydrogen) atoms. The van der Waals surface area contributed by atoms with Crippen LogP contribution in [0.3, 0.4) is 0 Å². The maximum Gasteiger partial charge on any atom is 0.188 e. The standard InChI is InChI=1S/C15H17NO3/c16-9-12-4-6-13(7-5-12)15(17)11-18-10-14-3-1-2-8-19-14/h4-7,14H,1-3,8,10-11H2. The third-order valence-electron chi connectivity index (χ3n) is 3.15. The van der Waals surface area contributed by atoms with E-state index in [1.165, 1.54) is 0 Å². The quantitative estimate of drug-likeness (QED) is 0.761. The maximum atomic E-state index is 11.8. The Kier molecular flexibility index (Phi) is 5.08. The van der Waals surface area contributed by atoms with Gasteiger partial charge in [0.1, 0.15) is 6.61 Å². The third kappa shape index (κ3) is 4.16. The summed E-state index contributed by atoms with van der Waals surface area (Å²) in [6.45, 7) is 1.32. The van der Waals surface area contributed by atoms with Gasteiger partial charge in [-0.2, -0.15) is 5.26 Å². The Balaban J connectivity index is 1.75. The highest BCUT2D eigenvalue weighted by molar-refractivity contribution is 5.97. The van der Waals surface area contributed by atoms with E-state index in [9.17, 15) is 4.79 Å². The number of benzene rings is 1. The van der Waals surface area contributed by atoms with Gasteiger partial charge < -0.3 is 9.47 Å². The second-order valence-electron chi connectivity index (χ2n) is 4.62. The summed E-state index contributed by atoms with van der Waals surface area (Å²) in [4.78, 5) is 11.8. The molecule has 1 aromatic carbocycles. The summed E-state index contributed by atoms with van der Waals surface area (Å²) in [5, 5.41) is 8.68. The van der Waals surface area contributed by atoms with Crippen molar-refractivity contribution in [3.05, 3.63) is 35.4 Å². The van der Waals surface area contributed by atoms with Gasteiger partial charge in [0.2, 0.25) is 0 Å². The smallest absolute Gasteiger partial charge is 0.188 e. The molecule has 1 saturated heterocycles. The number of Topliss-reactive ketones (excluding diaryl/α,β-unsaturated/α-hetero) is 1. The molecule has 0 aliphatic carbocycles. The summed E-state index contributed by atoms with van der Waals surface area (Å²) in [6.07, 6.45) is 3.41. The summed E-state index contributed by atoms with van der Waals surface area (Å²) >= 11 is 0. The van der Waals surface area contributed by atoms with Gasteiger partial charge in [-0.1, -0.05) is 12.1 Å². The van der Waals surface area contributed by atoms with E-state index in [2.05, 4.69) is 0 Å². The van der Waals surface area contributed by atoms with Crippen LogP contribution >= 0.6 is 0 Å². The number of rotatable bonds is 5. The van der Waals surface area contributed by atoms with Crippen LogP contribution < -0.4 is 0 Å². The summed E-state index contributed by atoms with van der Waals surface area (Å²) in [7, 11) is 0. The monoisotopic (exact) mass is 259 g/mol. The molecule has 4 nitrogen and oxygen atoms in total. The second kappa shape index (κ2) is 7.03. The molecule has 1 atom stereocenters. The molecule has 4 heteroatoms. The molecule has 100 valence electrons. The second-order valence-corrected chi connectivity index (χ2v) is 4.62. The molecule has 1 aliphatic heterocycles. The molecule has 0 radical (unpaired) electrons. The highest BCUT2D eigenvalue weighted by Gasteiger charge is 2.14. The van der Waals surface area contributed by atoms with E-state index in [-0.39, 0.29) is 18.5 Å². The fraction of sp³-hybridized carbons (Fsp3) is 0.467. The van der Waals surface area contributed by atoms with Crippen molar-refractivity contribution < 1.29 is 14.3 Å². The van der Waals surface area contributed by atoms with Gasteiger partial charge in [-0.15, -0.1) is 0 Å². The topological polar surface area (TPSA) is 59.3 Å². The third-order valence-corrected chi connectivity index (χ3v) is 3.15. The molecular formula is C15H17NO3. The molecule has 0 spiro atoms. The van der Waals surface area contributed by atoms with E-state index < -0.39 is 0 Å². The van der Waals surface area contributed by atoms with Gasteiger partial charge in [0.15, 0.2) is 5.78 Å². The zero-order valence-corrected chi connectivity index (χ0v) is 10.8. The van der Waals surface area contributed by atoms with Gasteiger partial charge in [-0.3, -0.25) is 4.79 Å². The minimum absolute atomic E-state index is 0.0613. The lowest BCUT2D eigenvalue weighted by Crippen LogP contribution is -2.25. The Morgan fingerprint density at radius 1 is 1.37 bits per heavy atom. The minimum atomic E-state index is -0.0692. The van der Waals surface area contributed by atoms with Gasteiger partial charge in [0, 0.05) is 12.2 Å². The van der Waals surface area contributed by atoms with Gasteiger partial charge >= 0.3 is 0 Å². The van der Waals surface area contributed by atoms with Crippen LogP contribution in [0.5, 0.6) is 0 Å². The first-order valence-corrected chi connectivity index (χ1v) is 6.52. The van der Waals surface area contributed by atoms with Crippen LogP contribution in [0.15, 0.2) is 24.3 Å². The number of hydrogen-bond acceptors (Lipinski definition) is 4. The van der Waals surface area contributed by atoms with Crippen molar-refractivity contribution in [1.29, 1.82) is 5.26 Å². The van der Waals surface area contributed by atoms with Crippen molar-refractivity contribution in [2.24, 2.45) is 0 Å². The van der Waals surface area contributed by atoms with Crippen LogP contribution in [0.1, 0.15) is 35.2 Å². The predicted octanol–water partition coefficient (Wildman–Crippen LogP) is 2.33. The Labute approximate surface area is 112 Å². The average molecular weight is 259 g/mol. The number of nitrogens with zero attached hydrogens (tertiary/aromatic N) is 1. The van der Waals surface area contributed by atoms with Crippen LogP contribution in [0.25, 0.3) is 0 Å². The number of nitriles is 1. The Morgan fingerprint density at radius 3 is 2.79 bits per heavy atom. The van der Waals surface area contributed by atoms with Crippen molar-refractivity contribution >= 4 is 5.78 Å². The first-order chi connectivity index (χ1) is 9.29. The van der Waals surface area contributed by atoms with Gasteiger partial charge in [-0.25, -0.2) is 0 Å². The minimum Gasteiger partial charge on any atom is -0.376 e. The van der Waals surface area contributed by atoms with Crippen LogP contribution in [0.4, 0.5) is 0 Å². The van der Waals surface area contributed by atoms with Crippen molar-refractivity contribution in [2.75, 3.05) is 19.8 Å². The summed E-state index contributed by atoms with van der Waals surface area (Å²) in [5.41, 5.74) is 1.12. The average Bonchev–Trinajstić information content (AvgIpc) is 2.48. The molecule has 0 aromatic heterocycles. The number of ether oxygens (including phenoxy) is 2.